The Bertz CT molecular complexity index is 648. The topological polar surface area (TPSA) is 65.2 Å². The minimum Gasteiger partial charge on any atom is -0.462 e. The summed E-state index contributed by atoms with van der Waals surface area (Å²) in [5.41, 5.74) is 2.05. The van der Waals surface area contributed by atoms with Crippen LogP contribution in [0, 0.1) is 6.92 Å². The van der Waals surface area contributed by atoms with E-state index >= 15 is 0 Å². The normalized spacial score (nSPS) is 15.5. The van der Waals surface area contributed by atoms with E-state index in [2.05, 4.69) is 10.2 Å². The molecule has 122 valence electrons. The number of aryl methyl sites for hydroxylation is 1. The fourth-order valence-electron chi connectivity index (χ4n) is 2.60. The zero-order valence-electron chi connectivity index (χ0n) is 13.2. The van der Waals surface area contributed by atoms with Gasteiger partial charge in [0, 0.05) is 5.56 Å². The fraction of sp³-hybridized carbons (Fsp3) is 0.471. The Labute approximate surface area is 139 Å². The number of esters is 1. The second-order valence-electron chi connectivity index (χ2n) is 5.78. The Morgan fingerprint density at radius 1 is 1.22 bits per heavy atom. The highest BCUT2D eigenvalue weighted by molar-refractivity contribution is 7.99. The number of rotatable bonds is 5. The van der Waals surface area contributed by atoms with E-state index in [-0.39, 0.29) is 17.8 Å². The summed E-state index contributed by atoms with van der Waals surface area (Å²) in [7, 11) is 0. The highest BCUT2D eigenvalue weighted by Gasteiger charge is 2.18. The van der Waals surface area contributed by atoms with E-state index in [0.717, 1.165) is 31.2 Å². The maximum absolute atomic E-state index is 11.9. The quantitative estimate of drug-likeness (QED) is 0.609. The van der Waals surface area contributed by atoms with E-state index in [0.29, 0.717) is 11.1 Å². The van der Waals surface area contributed by atoms with Crippen LogP contribution in [0.1, 0.15) is 37.7 Å². The molecule has 0 saturated heterocycles. The maximum Gasteiger partial charge on any atom is 0.316 e. The monoisotopic (exact) mass is 332 g/mol. The summed E-state index contributed by atoms with van der Waals surface area (Å²) >= 11 is 1.22. The van der Waals surface area contributed by atoms with Gasteiger partial charge in [-0.25, -0.2) is 0 Å². The molecule has 1 aromatic heterocycles. The lowest BCUT2D eigenvalue weighted by Gasteiger charge is -2.21. The van der Waals surface area contributed by atoms with E-state index in [4.69, 9.17) is 9.15 Å². The SMILES string of the molecule is Cc1ccc(-c2nnc(SCC(=O)OC3CCCCC3)o2)cc1. The van der Waals surface area contributed by atoms with Gasteiger partial charge in [-0.05, 0) is 44.7 Å². The highest BCUT2D eigenvalue weighted by Crippen LogP contribution is 2.24. The van der Waals surface area contributed by atoms with Gasteiger partial charge >= 0.3 is 5.97 Å². The van der Waals surface area contributed by atoms with Crippen LogP contribution in [-0.4, -0.2) is 28.0 Å². The van der Waals surface area contributed by atoms with Crippen LogP contribution < -0.4 is 0 Å². The summed E-state index contributed by atoms with van der Waals surface area (Å²) in [4.78, 5) is 11.9. The van der Waals surface area contributed by atoms with Crippen LogP contribution >= 0.6 is 11.8 Å². The number of nitrogens with zero attached hydrogens (tertiary/aromatic N) is 2. The van der Waals surface area contributed by atoms with Crippen molar-refractivity contribution in [3.8, 4) is 11.5 Å². The van der Waals surface area contributed by atoms with Gasteiger partial charge in [-0.15, -0.1) is 10.2 Å². The first-order valence-corrected chi connectivity index (χ1v) is 8.92. The summed E-state index contributed by atoms with van der Waals surface area (Å²) in [6.07, 6.45) is 5.58. The highest BCUT2D eigenvalue weighted by atomic mass is 32.2. The van der Waals surface area contributed by atoms with Crippen molar-refractivity contribution in [3.05, 3.63) is 29.8 Å². The number of hydrogen-bond acceptors (Lipinski definition) is 6. The third kappa shape index (κ3) is 4.58. The summed E-state index contributed by atoms with van der Waals surface area (Å²) in [5, 5.41) is 8.38. The first kappa shape index (κ1) is 16.1. The number of hydrogen-bond donors (Lipinski definition) is 0. The smallest absolute Gasteiger partial charge is 0.316 e. The lowest BCUT2D eigenvalue weighted by atomic mass is 9.98. The van der Waals surface area contributed by atoms with Crippen LogP contribution in [0.3, 0.4) is 0 Å². The molecule has 23 heavy (non-hydrogen) atoms. The molecule has 0 radical (unpaired) electrons. The molecule has 0 amide bonds. The van der Waals surface area contributed by atoms with Crippen molar-refractivity contribution >= 4 is 17.7 Å². The van der Waals surface area contributed by atoms with Gasteiger partial charge < -0.3 is 9.15 Å². The molecule has 0 spiro atoms. The molecule has 1 aromatic carbocycles. The van der Waals surface area contributed by atoms with Gasteiger partial charge in [0.05, 0.1) is 0 Å². The Balaban J connectivity index is 1.50. The Kier molecular flexibility index (Phi) is 5.33. The van der Waals surface area contributed by atoms with E-state index in [1.807, 2.05) is 31.2 Å². The number of carbonyl (C=O) groups excluding carboxylic acids is 1. The summed E-state index contributed by atoms with van der Waals surface area (Å²) in [6, 6.07) is 7.87. The zero-order chi connectivity index (χ0) is 16.1. The average molecular weight is 332 g/mol. The molecule has 0 bridgehead atoms. The van der Waals surface area contributed by atoms with Gasteiger partial charge in [0.15, 0.2) is 0 Å². The van der Waals surface area contributed by atoms with Crippen molar-refractivity contribution in [2.45, 2.75) is 50.4 Å². The summed E-state index contributed by atoms with van der Waals surface area (Å²) in [5.74, 6) is 0.455. The van der Waals surface area contributed by atoms with Crippen molar-refractivity contribution in [1.29, 1.82) is 0 Å². The van der Waals surface area contributed by atoms with Crippen LogP contribution in [0.2, 0.25) is 0 Å². The number of thioether (sulfide) groups is 1. The molecule has 1 fully saturated rings. The maximum atomic E-state index is 11.9. The second-order valence-corrected chi connectivity index (χ2v) is 6.70. The molecular weight excluding hydrogens is 312 g/mol. The van der Waals surface area contributed by atoms with Crippen LogP contribution in [-0.2, 0) is 9.53 Å². The number of ether oxygens (including phenoxy) is 1. The molecule has 0 atom stereocenters. The lowest BCUT2D eigenvalue weighted by molar-refractivity contribution is -0.147. The molecule has 6 heteroatoms. The molecule has 1 heterocycles. The largest absolute Gasteiger partial charge is 0.462 e. The van der Waals surface area contributed by atoms with E-state index in [1.54, 1.807) is 0 Å². The summed E-state index contributed by atoms with van der Waals surface area (Å²) < 4.78 is 11.1. The van der Waals surface area contributed by atoms with Crippen molar-refractivity contribution in [1.82, 2.24) is 10.2 Å². The van der Waals surface area contributed by atoms with Gasteiger partial charge in [-0.3, -0.25) is 4.79 Å². The average Bonchev–Trinajstić information content (AvgIpc) is 3.04. The molecule has 0 unspecified atom stereocenters. The fourth-order valence-corrected chi connectivity index (χ4v) is 3.15. The van der Waals surface area contributed by atoms with Crippen LogP contribution in [0.25, 0.3) is 11.5 Å². The van der Waals surface area contributed by atoms with E-state index in [1.165, 1.54) is 23.7 Å². The van der Waals surface area contributed by atoms with Gasteiger partial charge in [0.25, 0.3) is 5.22 Å². The number of aromatic nitrogens is 2. The molecule has 1 aliphatic carbocycles. The minimum absolute atomic E-state index is 0.0858. The van der Waals surface area contributed by atoms with Crippen molar-refractivity contribution < 1.29 is 13.9 Å². The molecular formula is C17H20N2O3S. The Morgan fingerprint density at radius 2 is 1.96 bits per heavy atom. The number of benzene rings is 1. The Morgan fingerprint density at radius 3 is 2.70 bits per heavy atom. The van der Waals surface area contributed by atoms with Gasteiger partial charge in [-0.2, -0.15) is 0 Å². The lowest BCUT2D eigenvalue weighted by Crippen LogP contribution is -2.21. The predicted molar refractivity (Wildman–Crippen MR) is 88.2 cm³/mol. The number of carbonyl (C=O) groups is 1. The molecule has 0 aliphatic heterocycles. The minimum atomic E-state index is -0.211. The van der Waals surface area contributed by atoms with Gasteiger partial charge in [-0.1, -0.05) is 35.9 Å². The van der Waals surface area contributed by atoms with Crippen molar-refractivity contribution in [2.75, 3.05) is 5.75 Å². The van der Waals surface area contributed by atoms with Crippen LogP contribution in [0.5, 0.6) is 0 Å². The van der Waals surface area contributed by atoms with Crippen LogP contribution in [0.15, 0.2) is 33.9 Å². The molecule has 0 N–H and O–H groups in total. The second kappa shape index (κ2) is 7.64. The predicted octanol–water partition coefficient (Wildman–Crippen LogP) is 4.01. The standard InChI is InChI=1S/C17H20N2O3S/c1-12-7-9-13(10-8-12)16-18-19-17(22-16)23-11-15(20)21-14-5-3-2-4-6-14/h7-10,14H,2-6,11H2,1H3. The van der Waals surface area contributed by atoms with E-state index < -0.39 is 0 Å². The third-order valence-electron chi connectivity index (χ3n) is 3.87. The molecule has 1 saturated carbocycles. The van der Waals surface area contributed by atoms with Crippen molar-refractivity contribution in [3.63, 3.8) is 0 Å². The van der Waals surface area contributed by atoms with Crippen molar-refractivity contribution in [2.24, 2.45) is 0 Å². The van der Waals surface area contributed by atoms with Gasteiger partial charge in [0.2, 0.25) is 5.89 Å². The molecule has 2 aromatic rings. The van der Waals surface area contributed by atoms with Gasteiger partial charge in [0.1, 0.15) is 11.9 Å². The van der Waals surface area contributed by atoms with E-state index in [9.17, 15) is 4.79 Å². The van der Waals surface area contributed by atoms with Crippen LogP contribution in [0.4, 0.5) is 0 Å². The molecule has 1 aliphatic rings. The first-order chi connectivity index (χ1) is 11.2. The zero-order valence-corrected chi connectivity index (χ0v) is 14.0. The molecule has 3 rings (SSSR count). The third-order valence-corrected chi connectivity index (χ3v) is 4.66. The Hall–Kier alpha value is -1.82. The molecule has 5 nitrogen and oxygen atoms in total. The summed E-state index contributed by atoms with van der Waals surface area (Å²) in [6.45, 7) is 2.02. The first-order valence-electron chi connectivity index (χ1n) is 7.93.